The summed E-state index contributed by atoms with van der Waals surface area (Å²) in [6.45, 7) is -0.811. The van der Waals surface area contributed by atoms with Crippen molar-refractivity contribution in [3.05, 3.63) is 33.7 Å². The van der Waals surface area contributed by atoms with Gasteiger partial charge < -0.3 is 31.3 Å². The van der Waals surface area contributed by atoms with Crippen molar-refractivity contribution in [2.24, 2.45) is 5.73 Å². The van der Waals surface area contributed by atoms with Crippen molar-refractivity contribution in [3.8, 4) is 0 Å². The number of unbranched alkanes of at least 4 members (excludes halogenated alkanes) is 1. The predicted molar refractivity (Wildman–Crippen MR) is 172 cm³/mol. The summed E-state index contributed by atoms with van der Waals surface area (Å²) in [6, 6.07) is 3.37. The first-order valence-corrected chi connectivity index (χ1v) is 19.4. The third-order valence-corrected chi connectivity index (χ3v) is 14.5. The number of carboxylic acid groups (broad SMARTS) is 1. The van der Waals surface area contributed by atoms with E-state index in [2.05, 4.69) is 48.9 Å². The van der Waals surface area contributed by atoms with Crippen molar-refractivity contribution in [2.45, 2.75) is 41.7 Å². The molecule has 2 atom stereocenters. The van der Waals surface area contributed by atoms with Crippen LogP contribution in [0.15, 0.2) is 28.8 Å². The van der Waals surface area contributed by atoms with Gasteiger partial charge in [-0.05, 0) is 24.3 Å². The van der Waals surface area contributed by atoms with Crippen LogP contribution in [0.1, 0.15) is 24.1 Å². The highest BCUT2D eigenvalue weighted by molar-refractivity contribution is 8.00. The number of nitrogens with one attached hydrogen (secondary N) is 2. The number of thioether (sulfide) groups is 1. The zero-order valence-electron chi connectivity index (χ0n) is 27.4. The molecule has 0 bridgehead atoms. The molecule has 2 aliphatic rings. The fraction of sp³-hybridized carbons (Fsp3) is 0.560. The number of carbonyl (C=O) groups is 5. The molecule has 51 heavy (non-hydrogen) atoms. The van der Waals surface area contributed by atoms with Gasteiger partial charge in [0.25, 0.3) is 16.9 Å². The number of aliphatic hydroxyl groups is 1. The van der Waals surface area contributed by atoms with E-state index in [4.69, 9.17) is 10.5 Å². The minimum Gasteiger partial charge on any atom is -0.477 e. The Kier molecular flexibility index (Phi) is 15.1. The number of primary amides is 1. The number of rotatable bonds is 22. The average Bonchev–Trinajstić information content (AvgIpc) is 3.58. The Labute approximate surface area is 297 Å². The van der Waals surface area contributed by atoms with Crippen LogP contribution in [0.4, 0.5) is 4.79 Å². The summed E-state index contributed by atoms with van der Waals surface area (Å²) in [4.78, 5) is 83.2. The maximum Gasteiger partial charge on any atom is 0.428 e. The van der Waals surface area contributed by atoms with E-state index < -0.39 is 79.7 Å². The second kappa shape index (κ2) is 18.2. The highest BCUT2D eigenvalue weighted by atomic mass is 32.2. The number of carboxylic acids is 1. The molecule has 1 aromatic heterocycles. The summed E-state index contributed by atoms with van der Waals surface area (Å²) in [7, 11) is -6.70. The Bertz CT molecular complexity index is 1530. The number of hydrogen-bond donors (Lipinski definition) is 5. The lowest BCUT2D eigenvalue weighted by Crippen LogP contribution is -2.84. The molecule has 3 heterocycles. The fourth-order valence-corrected chi connectivity index (χ4v) is 10.9. The maximum absolute atomic E-state index is 13.8. The summed E-state index contributed by atoms with van der Waals surface area (Å²) in [6.07, 6.45) is -2.51. The monoisotopic (exact) mass is 806 g/mol. The van der Waals surface area contributed by atoms with Gasteiger partial charge >= 0.3 is 27.3 Å². The van der Waals surface area contributed by atoms with Gasteiger partial charge in [0.1, 0.15) is 17.7 Å². The molecule has 1 fully saturated rings. The second-order valence-electron chi connectivity index (χ2n) is 10.3. The smallest absolute Gasteiger partial charge is 0.428 e. The van der Waals surface area contributed by atoms with Gasteiger partial charge in [-0.15, -0.1) is 41.8 Å². The van der Waals surface area contributed by atoms with Crippen LogP contribution in [0.2, 0.25) is 0 Å². The first-order valence-electron chi connectivity index (χ1n) is 14.4. The molecule has 2 unspecified atom stereocenters. The molecular formula is C25H36N4O18P2S2. The van der Waals surface area contributed by atoms with Gasteiger partial charge in [0.2, 0.25) is 11.4 Å². The van der Waals surface area contributed by atoms with Gasteiger partial charge in [-0.25, -0.2) is 29.1 Å². The van der Waals surface area contributed by atoms with Crippen molar-refractivity contribution in [1.29, 1.82) is 0 Å². The quantitative estimate of drug-likeness (QED) is 0.0274. The van der Waals surface area contributed by atoms with Crippen LogP contribution in [-0.4, -0.2) is 108 Å². The van der Waals surface area contributed by atoms with Crippen LogP contribution in [0.3, 0.4) is 0 Å². The molecule has 4 amide bonds. The summed E-state index contributed by atoms with van der Waals surface area (Å²) in [5, 5.41) is 23.7. The van der Waals surface area contributed by atoms with Crippen LogP contribution in [0.25, 0.3) is 0 Å². The molecule has 0 saturated carbocycles. The van der Waals surface area contributed by atoms with Gasteiger partial charge in [0.05, 0.1) is 34.9 Å². The summed E-state index contributed by atoms with van der Waals surface area (Å²) >= 11 is 2.19. The third-order valence-electron chi connectivity index (χ3n) is 7.15. The molecule has 1 saturated heterocycles. The standard InChI is InChI=1S/C25H36N4O18P2S2/c1-39-44-48(37,45-40-2)24(36,49(38,46-41-3)47-42-4)9-5-6-10-27-20(33)25(28-17(30)12-16-8-7-11-50-16)21(34)29-18(19(31)32)15(13-43-23(26)35)14-51-22(25)29/h7-8,11,22,36H,5-6,9-10,12-14H2,1-4H3,(H2,26,35)(H,27,33)(H,28,30)(H,31,32). The lowest BCUT2D eigenvalue weighted by molar-refractivity contribution is -0.264. The minimum atomic E-state index is -5.14. The van der Waals surface area contributed by atoms with E-state index in [1.54, 1.807) is 17.5 Å². The molecule has 0 radical (unpaired) electrons. The maximum atomic E-state index is 13.8. The number of nitrogens with zero attached hydrogens (tertiary/aromatic N) is 1. The molecule has 286 valence electrons. The Hall–Kier alpha value is -2.96. The number of aliphatic carboxylic acids is 1. The number of thiophene rings is 1. The number of nitrogens with two attached hydrogens (primary N) is 1. The Morgan fingerprint density at radius 3 is 2.12 bits per heavy atom. The normalized spacial score (nSPS) is 19.3. The molecule has 0 aromatic carbocycles. The molecule has 6 N–H and O–H groups in total. The van der Waals surface area contributed by atoms with Gasteiger partial charge in [-0.1, -0.05) is 6.07 Å². The topological polar surface area (TPSA) is 296 Å². The molecule has 22 nitrogen and oxygen atoms in total. The first-order chi connectivity index (χ1) is 24.1. The number of fused-ring (bicyclic) bond motifs is 1. The second-order valence-corrected chi connectivity index (χ2v) is 16.8. The van der Waals surface area contributed by atoms with Gasteiger partial charge in [-0.2, -0.15) is 0 Å². The zero-order chi connectivity index (χ0) is 38.0. The minimum absolute atomic E-state index is 0.0293. The van der Waals surface area contributed by atoms with E-state index in [1.807, 2.05) is 0 Å². The van der Waals surface area contributed by atoms with Crippen LogP contribution < -0.4 is 16.4 Å². The van der Waals surface area contributed by atoms with Crippen molar-refractivity contribution in [1.82, 2.24) is 15.5 Å². The lowest BCUT2D eigenvalue weighted by Gasteiger charge is -2.55. The number of ether oxygens (including phenoxy) is 1. The van der Waals surface area contributed by atoms with Crippen LogP contribution in [0.5, 0.6) is 0 Å². The summed E-state index contributed by atoms with van der Waals surface area (Å²) in [5.41, 5.74) is 2.22. The van der Waals surface area contributed by atoms with Gasteiger partial charge in [0.15, 0.2) is 0 Å². The summed E-state index contributed by atoms with van der Waals surface area (Å²) in [5.74, 6) is -4.47. The van der Waals surface area contributed by atoms with Crippen molar-refractivity contribution in [2.75, 3.05) is 47.3 Å². The van der Waals surface area contributed by atoms with E-state index in [-0.39, 0.29) is 37.1 Å². The molecule has 0 spiro atoms. The predicted octanol–water partition coefficient (Wildman–Crippen LogP) is 1.13. The Balaban J connectivity index is 1.85. The molecule has 26 heteroatoms. The number of amides is 4. The van der Waals surface area contributed by atoms with Gasteiger partial charge in [-0.3, -0.25) is 28.4 Å². The van der Waals surface area contributed by atoms with Crippen molar-refractivity contribution < 1.29 is 86.3 Å². The highest BCUT2D eigenvalue weighted by Crippen LogP contribution is 2.78. The SMILES string of the molecule is COOP(=O)(OOC)C(O)(CCCCNC(=O)C1(NC(=O)Cc2cccs2)C(=O)N2C(C(=O)O)=C(COC(N)=O)CSC21)P(=O)(OOC)OOC. The number of hydrogen-bond acceptors (Lipinski definition) is 19. The van der Waals surface area contributed by atoms with Crippen LogP contribution in [0, 0.1) is 0 Å². The molecule has 3 rings (SSSR count). The van der Waals surface area contributed by atoms with E-state index >= 15 is 0 Å². The molecule has 2 aliphatic heterocycles. The third kappa shape index (κ3) is 8.82. The van der Waals surface area contributed by atoms with Gasteiger partial charge in [0, 0.05) is 29.2 Å². The van der Waals surface area contributed by atoms with Crippen molar-refractivity contribution in [3.63, 3.8) is 0 Å². The Morgan fingerprint density at radius 1 is 1.04 bits per heavy atom. The molecule has 0 aliphatic carbocycles. The highest BCUT2D eigenvalue weighted by Gasteiger charge is 2.70. The fourth-order valence-electron chi connectivity index (χ4n) is 5.01. The number of β-lactam (4-membered cyclic amide) rings is 1. The summed E-state index contributed by atoms with van der Waals surface area (Å²) < 4.78 is 50.2. The first kappa shape index (κ1) is 42.5. The zero-order valence-corrected chi connectivity index (χ0v) is 30.8. The van der Waals surface area contributed by atoms with E-state index in [0.29, 0.717) is 4.88 Å². The Morgan fingerprint density at radius 2 is 1.63 bits per heavy atom. The average molecular weight is 807 g/mol. The lowest BCUT2D eigenvalue weighted by atomic mass is 9.84. The van der Waals surface area contributed by atoms with Crippen LogP contribution in [-0.2, 0) is 77.7 Å². The molecule has 1 aromatic rings. The van der Waals surface area contributed by atoms with E-state index in [9.17, 15) is 43.3 Å². The van der Waals surface area contributed by atoms with E-state index in [1.165, 1.54) is 11.3 Å². The number of carbonyl (C=O) groups excluding carboxylic acids is 4. The van der Waals surface area contributed by atoms with Crippen LogP contribution >= 0.6 is 38.3 Å². The van der Waals surface area contributed by atoms with Crippen molar-refractivity contribution >= 4 is 68.1 Å². The molecular weight excluding hydrogens is 770 g/mol. The largest absolute Gasteiger partial charge is 0.477 e. The van der Waals surface area contributed by atoms with E-state index in [0.717, 1.165) is 45.1 Å².